The van der Waals surface area contributed by atoms with Gasteiger partial charge in [0.25, 0.3) is 0 Å². The van der Waals surface area contributed by atoms with Gasteiger partial charge >= 0.3 is 6.07 Å². The highest BCUT2D eigenvalue weighted by molar-refractivity contribution is 8.04. The summed E-state index contributed by atoms with van der Waals surface area (Å²) in [5.41, 5.74) is 0. The molecule has 0 saturated carbocycles. The van der Waals surface area contributed by atoms with Crippen molar-refractivity contribution in [2.45, 2.75) is 13.0 Å². The predicted octanol–water partition coefficient (Wildman–Crippen LogP) is 1.58. The van der Waals surface area contributed by atoms with Crippen LogP contribution in [0.25, 0.3) is 0 Å². The molecule has 0 rings (SSSR count). The lowest BCUT2D eigenvalue weighted by Crippen LogP contribution is -2.09. The molecule has 2 N–H and O–H groups in total. The van der Waals surface area contributed by atoms with Crippen molar-refractivity contribution in [3.63, 3.8) is 0 Å². The van der Waals surface area contributed by atoms with Gasteiger partial charge in [0.15, 0.2) is 0 Å². The molecule has 0 spiro atoms. The van der Waals surface area contributed by atoms with Gasteiger partial charge in [-0.3, -0.25) is 4.57 Å². The van der Waals surface area contributed by atoms with Gasteiger partial charge in [0.05, 0.1) is 12.7 Å². The zero-order valence-corrected chi connectivity index (χ0v) is 9.39. The van der Waals surface area contributed by atoms with Crippen LogP contribution in [0.15, 0.2) is 0 Å². The summed E-state index contributed by atoms with van der Waals surface area (Å²) < 4.78 is 14.1. The molecule has 0 aromatic rings. The van der Waals surface area contributed by atoms with Crippen molar-refractivity contribution in [3.05, 3.63) is 0 Å². The molecule has 0 bridgehead atoms. The van der Waals surface area contributed by atoms with Crippen molar-refractivity contribution in [1.82, 2.24) is 0 Å². The van der Waals surface area contributed by atoms with Crippen LogP contribution in [0.5, 0.6) is 0 Å². The van der Waals surface area contributed by atoms with E-state index in [1.807, 2.05) is 0 Å². The predicted molar refractivity (Wildman–Crippen MR) is 52.9 cm³/mol. The highest BCUT2D eigenvalue weighted by atomic mass is 35.9. The quantitative estimate of drug-likeness (QED) is 0.452. The van der Waals surface area contributed by atoms with Crippen molar-refractivity contribution in [1.29, 1.82) is 0 Å². The van der Waals surface area contributed by atoms with Crippen LogP contribution in [0, 0.1) is 12.3 Å². The first-order chi connectivity index (χ1) is 5.77. The molecule has 0 aliphatic heterocycles. The first-order valence-electron chi connectivity index (χ1n) is 3.18. The second-order valence-corrected chi connectivity index (χ2v) is 6.14. The summed E-state index contributed by atoms with van der Waals surface area (Å²) in [7, 11) is 0. The third-order valence-electron chi connectivity index (χ3n) is 0.544. The Morgan fingerprint density at radius 1 is 1.69 bits per heavy atom. The first-order valence-corrected chi connectivity index (χ1v) is 6.65. The van der Waals surface area contributed by atoms with E-state index in [1.54, 1.807) is 6.92 Å². The Kier molecular flexibility index (Phi) is 10.7. The molecule has 0 radical (unpaired) electrons. The van der Waals surface area contributed by atoms with Gasteiger partial charge in [0.2, 0.25) is 0 Å². The zero-order chi connectivity index (χ0) is 10.9. The summed E-state index contributed by atoms with van der Waals surface area (Å²) in [6.45, 7) is 2.26. The highest BCUT2D eigenvalue weighted by Crippen LogP contribution is 2.51. The van der Waals surface area contributed by atoms with Gasteiger partial charge in [0, 0.05) is 0 Å². The fourth-order valence-corrected chi connectivity index (χ4v) is 0.288. The fraction of sp³-hybridized carbons (Fsp3) is 0.667. The van der Waals surface area contributed by atoms with Crippen LogP contribution in [-0.2, 0) is 9.30 Å². The normalized spacial score (nSPS) is 12.3. The van der Waals surface area contributed by atoms with Crippen molar-refractivity contribution < 1.29 is 19.3 Å². The van der Waals surface area contributed by atoms with Crippen LogP contribution in [0.3, 0.4) is 0 Å². The van der Waals surface area contributed by atoms with Crippen molar-refractivity contribution in [2.24, 2.45) is 0 Å². The number of hydrogen-bond acceptors (Lipinski definition) is 3. The summed E-state index contributed by atoms with van der Waals surface area (Å²) in [4.78, 5) is 7.61. The van der Waals surface area contributed by atoms with Gasteiger partial charge in [0.1, 0.15) is 6.61 Å². The van der Waals surface area contributed by atoms with Crippen LogP contribution in [0.4, 0.5) is 0 Å². The molecule has 4 nitrogen and oxygen atoms in total. The van der Waals surface area contributed by atoms with Crippen LogP contribution in [0.2, 0.25) is 0 Å². The maximum Gasteiger partial charge on any atom is 0.377 e. The minimum Gasteiger partial charge on any atom is -0.391 e. The van der Waals surface area contributed by atoms with Gasteiger partial charge in [-0.2, -0.15) is 0 Å². The summed E-state index contributed by atoms with van der Waals surface area (Å²) in [6, 6.07) is 0. The lowest BCUT2D eigenvalue weighted by atomic mass is 10.4. The minimum absolute atomic E-state index is 0.283. The molecule has 0 aromatic heterocycles. The topological polar surface area (TPSA) is 66.8 Å². The third kappa shape index (κ3) is 46.7. The molecule has 0 aliphatic rings. The largest absolute Gasteiger partial charge is 0.391 e. The van der Waals surface area contributed by atoms with E-state index in [-0.39, 0.29) is 6.61 Å². The number of halogens is 2. The van der Waals surface area contributed by atoms with E-state index < -0.39 is 12.2 Å². The average molecular weight is 249 g/mol. The molecule has 7 heteroatoms. The van der Waals surface area contributed by atoms with Gasteiger partial charge in [-0.05, 0) is 29.4 Å². The van der Waals surface area contributed by atoms with E-state index in [4.69, 9.17) is 21.2 Å². The van der Waals surface area contributed by atoms with Crippen LogP contribution in [-0.4, -0.2) is 29.3 Å². The summed E-state index contributed by atoms with van der Waals surface area (Å²) >= 11 is 8.81. The standard InChI is InChI=1S/C6H10O2.Cl2HO2P/c1-3-4-8-5-6(2)7;1-5(2,3)4/h1,6-7H,4-5H2,2H3;(H,3,4). The number of rotatable bonds is 3. The molecule has 0 fully saturated rings. The van der Waals surface area contributed by atoms with E-state index in [1.165, 1.54) is 0 Å². The number of ether oxygens (including phenoxy) is 1. The van der Waals surface area contributed by atoms with Crippen molar-refractivity contribution in [3.8, 4) is 12.3 Å². The van der Waals surface area contributed by atoms with Gasteiger partial charge in [-0.15, -0.1) is 6.42 Å². The van der Waals surface area contributed by atoms with Crippen LogP contribution < -0.4 is 0 Å². The lowest BCUT2D eigenvalue weighted by molar-refractivity contribution is 0.0621. The number of aliphatic hydroxyl groups is 1. The van der Waals surface area contributed by atoms with E-state index in [0.29, 0.717) is 6.61 Å². The van der Waals surface area contributed by atoms with E-state index in [0.717, 1.165) is 0 Å². The average Bonchev–Trinajstić information content (AvgIpc) is 1.83. The Labute approximate surface area is 86.8 Å². The maximum absolute atomic E-state index is 9.30. The van der Waals surface area contributed by atoms with E-state index in [2.05, 4.69) is 28.4 Å². The number of aliphatic hydroxyl groups excluding tert-OH is 1. The highest BCUT2D eigenvalue weighted by Gasteiger charge is 2.02. The number of terminal acetylenes is 1. The monoisotopic (exact) mass is 248 g/mol. The van der Waals surface area contributed by atoms with E-state index >= 15 is 0 Å². The Morgan fingerprint density at radius 3 is 2.31 bits per heavy atom. The molecule has 0 heterocycles. The Morgan fingerprint density at radius 2 is 2.08 bits per heavy atom. The Hall–Kier alpha value is 0.250. The smallest absolute Gasteiger partial charge is 0.377 e. The third-order valence-corrected chi connectivity index (χ3v) is 0.544. The van der Waals surface area contributed by atoms with E-state index in [9.17, 15) is 4.57 Å². The molecular formula is C6H11Cl2O4P. The van der Waals surface area contributed by atoms with Crippen LogP contribution in [0.1, 0.15) is 6.92 Å². The molecule has 1 atom stereocenters. The SMILES string of the molecule is C#CCOCC(C)O.O=P(O)(Cl)Cl. The van der Waals surface area contributed by atoms with Gasteiger partial charge in [-0.1, -0.05) is 5.92 Å². The van der Waals surface area contributed by atoms with Gasteiger partial charge < -0.3 is 14.7 Å². The second-order valence-electron chi connectivity index (χ2n) is 2.00. The maximum atomic E-state index is 9.30. The Bertz CT molecular complexity index is 187. The summed E-state index contributed by atoms with van der Waals surface area (Å²) in [5, 5.41) is 8.59. The fourth-order valence-electron chi connectivity index (χ4n) is 0.288. The zero-order valence-electron chi connectivity index (χ0n) is 6.98. The molecule has 0 aromatic carbocycles. The first kappa shape index (κ1) is 15.7. The number of hydrogen-bond donors (Lipinski definition) is 2. The molecule has 0 amide bonds. The minimum atomic E-state index is -3.69. The van der Waals surface area contributed by atoms with Crippen molar-refractivity contribution in [2.75, 3.05) is 13.2 Å². The lowest BCUT2D eigenvalue weighted by Gasteiger charge is -2.00. The molecule has 0 saturated heterocycles. The summed E-state index contributed by atoms with van der Waals surface area (Å²) in [5.74, 6) is 2.29. The van der Waals surface area contributed by atoms with Crippen LogP contribution >= 0.6 is 28.6 Å². The van der Waals surface area contributed by atoms with Gasteiger partial charge in [-0.25, -0.2) is 0 Å². The second kappa shape index (κ2) is 8.83. The van der Waals surface area contributed by atoms with Crippen molar-refractivity contribution >= 4 is 28.6 Å². The molecular weight excluding hydrogens is 238 g/mol. The molecule has 1 unspecified atom stereocenters. The summed E-state index contributed by atoms with van der Waals surface area (Å²) in [6.07, 6.45) is 0.750. The molecule has 13 heavy (non-hydrogen) atoms. The Balaban J connectivity index is 0. The molecule has 78 valence electrons. The molecule has 0 aliphatic carbocycles.